The van der Waals surface area contributed by atoms with Crippen LogP contribution >= 0.6 is 0 Å². The lowest BCUT2D eigenvalue weighted by molar-refractivity contribution is 0.101. The van der Waals surface area contributed by atoms with E-state index in [4.69, 9.17) is 0 Å². The van der Waals surface area contributed by atoms with Crippen molar-refractivity contribution in [3.8, 4) is 0 Å². The highest BCUT2D eigenvalue weighted by Crippen LogP contribution is 2.52. The zero-order chi connectivity index (χ0) is 10.0. The van der Waals surface area contributed by atoms with Crippen LogP contribution in [0.2, 0.25) is 0 Å². The van der Waals surface area contributed by atoms with Crippen molar-refractivity contribution in [3.05, 3.63) is 0 Å². The van der Waals surface area contributed by atoms with E-state index in [-0.39, 0.29) is 0 Å². The first kappa shape index (κ1) is 10.5. The average Bonchev–Trinajstić information content (AvgIpc) is 2.68. The van der Waals surface area contributed by atoms with Gasteiger partial charge in [0.15, 0.2) is 0 Å². The number of hydrogen-bond acceptors (Lipinski definition) is 0. The number of rotatable bonds is 2. The first-order valence-electron chi connectivity index (χ1n) is 6.77. The summed E-state index contributed by atoms with van der Waals surface area (Å²) in [5.41, 5.74) is 0.792. The predicted octanol–water partition coefficient (Wildman–Crippen LogP) is 4.78. The Morgan fingerprint density at radius 3 is 2.07 bits per heavy atom. The molecule has 0 aromatic carbocycles. The summed E-state index contributed by atoms with van der Waals surface area (Å²) >= 11 is 0. The van der Waals surface area contributed by atoms with Crippen molar-refractivity contribution >= 4 is 0 Å². The monoisotopic (exact) mass is 194 g/mol. The van der Waals surface area contributed by atoms with Crippen LogP contribution in [0.1, 0.15) is 71.6 Å². The van der Waals surface area contributed by atoms with E-state index >= 15 is 0 Å². The van der Waals surface area contributed by atoms with Crippen LogP contribution in [0, 0.1) is 17.3 Å². The molecule has 2 aliphatic carbocycles. The van der Waals surface area contributed by atoms with Crippen molar-refractivity contribution in [3.63, 3.8) is 0 Å². The largest absolute Gasteiger partial charge is 0.0648 e. The van der Waals surface area contributed by atoms with Crippen LogP contribution in [0.5, 0.6) is 0 Å². The molecule has 0 aromatic rings. The Morgan fingerprint density at radius 2 is 1.57 bits per heavy atom. The van der Waals surface area contributed by atoms with Crippen molar-refractivity contribution in [1.82, 2.24) is 0 Å². The van der Waals surface area contributed by atoms with Gasteiger partial charge in [0.25, 0.3) is 0 Å². The zero-order valence-corrected chi connectivity index (χ0v) is 10.0. The molecule has 82 valence electrons. The van der Waals surface area contributed by atoms with Gasteiger partial charge in [0.05, 0.1) is 0 Å². The van der Waals surface area contributed by atoms with Gasteiger partial charge < -0.3 is 0 Å². The zero-order valence-electron chi connectivity index (χ0n) is 10.0. The Hall–Kier alpha value is 0. The third-order valence-corrected chi connectivity index (χ3v) is 5.19. The van der Waals surface area contributed by atoms with E-state index in [2.05, 4.69) is 13.8 Å². The molecule has 0 saturated heterocycles. The molecule has 2 aliphatic rings. The van der Waals surface area contributed by atoms with Crippen molar-refractivity contribution in [2.24, 2.45) is 17.3 Å². The van der Waals surface area contributed by atoms with E-state index in [1.165, 1.54) is 44.9 Å². The molecule has 0 heteroatoms. The van der Waals surface area contributed by atoms with Crippen LogP contribution in [-0.2, 0) is 0 Å². The second-order valence-electron chi connectivity index (χ2n) is 5.88. The summed E-state index contributed by atoms with van der Waals surface area (Å²) in [4.78, 5) is 0. The summed E-state index contributed by atoms with van der Waals surface area (Å²) in [7, 11) is 0. The summed E-state index contributed by atoms with van der Waals surface area (Å²) < 4.78 is 0. The Kier molecular flexibility index (Phi) is 3.19. The molecule has 0 radical (unpaired) electrons. The van der Waals surface area contributed by atoms with E-state index in [9.17, 15) is 0 Å². The summed E-state index contributed by atoms with van der Waals surface area (Å²) in [5.74, 6) is 2.10. The standard InChI is InChI=1S/C14H26/c1-3-14(10-4-5-11-14)13-8-6-12(2)7-9-13/h12-13H,3-11H2,1-2H3. The van der Waals surface area contributed by atoms with Gasteiger partial charge in [-0.15, -0.1) is 0 Å². The fraction of sp³-hybridized carbons (Fsp3) is 1.00. The van der Waals surface area contributed by atoms with E-state index in [0.29, 0.717) is 0 Å². The maximum absolute atomic E-state index is 2.43. The normalized spacial score (nSPS) is 37.3. The lowest BCUT2D eigenvalue weighted by atomic mass is 9.65. The maximum atomic E-state index is 2.43. The van der Waals surface area contributed by atoms with Gasteiger partial charge in [0.1, 0.15) is 0 Å². The third kappa shape index (κ3) is 1.85. The minimum absolute atomic E-state index is 0.792. The van der Waals surface area contributed by atoms with Crippen LogP contribution in [0.15, 0.2) is 0 Å². The first-order valence-corrected chi connectivity index (χ1v) is 6.77. The molecule has 2 saturated carbocycles. The van der Waals surface area contributed by atoms with Gasteiger partial charge in [-0.05, 0) is 42.9 Å². The average molecular weight is 194 g/mol. The molecule has 0 atom stereocenters. The van der Waals surface area contributed by atoms with Gasteiger partial charge in [0.2, 0.25) is 0 Å². The van der Waals surface area contributed by atoms with E-state index in [0.717, 1.165) is 17.3 Å². The lowest BCUT2D eigenvalue weighted by Gasteiger charge is -2.41. The second-order valence-corrected chi connectivity index (χ2v) is 5.88. The highest BCUT2D eigenvalue weighted by Gasteiger charge is 2.40. The molecule has 14 heavy (non-hydrogen) atoms. The molecule has 0 unspecified atom stereocenters. The van der Waals surface area contributed by atoms with Crippen LogP contribution < -0.4 is 0 Å². The van der Waals surface area contributed by atoms with Crippen molar-refractivity contribution < 1.29 is 0 Å². The molecular weight excluding hydrogens is 168 g/mol. The smallest absolute Gasteiger partial charge is 0.0272 e. The van der Waals surface area contributed by atoms with Gasteiger partial charge in [-0.2, -0.15) is 0 Å². The molecule has 2 rings (SSSR count). The quantitative estimate of drug-likeness (QED) is 0.593. The molecule has 0 spiro atoms. The van der Waals surface area contributed by atoms with Crippen LogP contribution in [0.4, 0.5) is 0 Å². The lowest BCUT2D eigenvalue weighted by Crippen LogP contribution is -2.30. The van der Waals surface area contributed by atoms with Crippen LogP contribution in [-0.4, -0.2) is 0 Å². The van der Waals surface area contributed by atoms with E-state index < -0.39 is 0 Å². The third-order valence-electron chi connectivity index (χ3n) is 5.19. The summed E-state index contributed by atoms with van der Waals surface area (Å²) in [6, 6.07) is 0. The Labute approximate surface area is 89.5 Å². The topological polar surface area (TPSA) is 0 Å². The number of hydrogen-bond donors (Lipinski definition) is 0. The van der Waals surface area contributed by atoms with Crippen LogP contribution in [0.3, 0.4) is 0 Å². The minimum atomic E-state index is 0.792. The van der Waals surface area contributed by atoms with Gasteiger partial charge in [0, 0.05) is 0 Å². The van der Waals surface area contributed by atoms with Gasteiger partial charge >= 0.3 is 0 Å². The Bertz CT molecular complexity index is 168. The van der Waals surface area contributed by atoms with Gasteiger partial charge in [-0.3, -0.25) is 0 Å². The first-order chi connectivity index (χ1) is 6.77. The molecule has 0 amide bonds. The highest BCUT2D eigenvalue weighted by atomic mass is 14.5. The highest BCUT2D eigenvalue weighted by molar-refractivity contribution is 4.91. The van der Waals surface area contributed by atoms with Gasteiger partial charge in [-0.1, -0.05) is 46.0 Å². The molecule has 0 N–H and O–H groups in total. The molecule has 0 aliphatic heterocycles. The van der Waals surface area contributed by atoms with Crippen LogP contribution in [0.25, 0.3) is 0 Å². The van der Waals surface area contributed by atoms with Crippen molar-refractivity contribution in [2.75, 3.05) is 0 Å². The molecular formula is C14H26. The van der Waals surface area contributed by atoms with E-state index in [1.807, 2.05) is 0 Å². The fourth-order valence-electron chi connectivity index (χ4n) is 4.00. The van der Waals surface area contributed by atoms with Gasteiger partial charge in [-0.25, -0.2) is 0 Å². The molecule has 0 aromatic heterocycles. The fourth-order valence-corrected chi connectivity index (χ4v) is 4.00. The molecule has 0 nitrogen and oxygen atoms in total. The second kappa shape index (κ2) is 4.24. The summed E-state index contributed by atoms with van der Waals surface area (Å²) in [5, 5.41) is 0. The van der Waals surface area contributed by atoms with E-state index in [1.54, 1.807) is 12.8 Å². The SMILES string of the molecule is CCC1(C2CCC(C)CC2)CCCC1. The Morgan fingerprint density at radius 1 is 1.00 bits per heavy atom. The molecule has 2 fully saturated rings. The predicted molar refractivity (Wildman–Crippen MR) is 62.3 cm³/mol. The summed E-state index contributed by atoms with van der Waals surface area (Å²) in [6.07, 6.45) is 13.7. The minimum Gasteiger partial charge on any atom is -0.0648 e. The van der Waals surface area contributed by atoms with Crippen molar-refractivity contribution in [1.29, 1.82) is 0 Å². The molecule has 0 bridgehead atoms. The molecule has 0 heterocycles. The summed E-state index contributed by atoms with van der Waals surface area (Å²) in [6.45, 7) is 4.87. The van der Waals surface area contributed by atoms with Crippen molar-refractivity contribution in [2.45, 2.75) is 71.6 Å². The Balaban J connectivity index is 1.98. The maximum Gasteiger partial charge on any atom is -0.0272 e.